The van der Waals surface area contributed by atoms with Crippen LogP contribution in [-0.2, 0) is 11.3 Å². The molecule has 1 amide bonds. The summed E-state index contributed by atoms with van der Waals surface area (Å²) in [5.41, 5.74) is 1.09. The predicted octanol–water partition coefficient (Wildman–Crippen LogP) is 4.69. The van der Waals surface area contributed by atoms with Gasteiger partial charge in [-0.3, -0.25) is 4.79 Å². The van der Waals surface area contributed by atoms with E-state index in [1.165, 1.54) is 35.4 Å². The monoisotopic (exact) mass is 483 g/mol. The lowest BCUT2D eigenvalue weighted by Crippen LogP contribution is -2.44. The molecule has 1 saturated heterocycles. The average molecular weight is 484 g/mol. The number of carbonyl (C=O) groups is 2. The molecule has 3 aromatic rings. The van der Waals surface area contributed by atoms with Crippen molar-refractivity contribution in [3.8, 4) is 0 Å². The number of rotatable bonds is 5. The van der Waals surface area contributed by atoms with Gasteiger partial charge in [0.05, 0.1) is 11.1 Å². The molecule has 1 N–H and O–H groups in total. The largest absolute Gasteiger partial charge is 0.480 e. The number of fused-ring (bicyclic) bond motifs is 1. The van der Waals surface area contributed by atoms with Crippen molar-refractivity contribution in [1.82, 2.24) is 9.88 Å². The van der Waals surface area contributed by atoms with Gasteiger partial charge in [-0.1, -0.05) is 29.8 Å². The van der Waals surface area contributed by atoms with Crippen molar-refractivity contribution in [2.24, 2.45) is 5.92 Å². The summed E-state index contributed by atoms with van der Waals surface area (Å²) in [4.78, 5) is 33.2. The van der Waals surface area contributed by atoms with Gasteiger partial charge < -0.3 is 14.9 Å². The van der Waals surface area contributed by atoms with E-state index in [4.69, 9.17) is 11.6 Å². The molecule has 0 spiro atoms. The maximum absolute atomic E-state index is 15.1. The minimum atomic E-state index is -1.08. The van der Waals surface area contributed by atoms with E-state index < -0.39 is 35.6 Å². The number of pyridine rings is 1. The number of nitrogens with zero attached hydrogens (tertiary/aromatic N) is 3. The Morgan fingerprint density at radius 3 is 2.56 bits per heavy atom. The van der Waals surface area contributed by atoms with Crippen molar-refractivity contribution in [3.63, 3.8) is 0 Å². The number of aliphatic carboxylic acids is 1. The minimum Gasteiger partial charge on any atom is -0.480 e. The number of carboxylic acid groups (broad SMARTS) is 1. The van der Waals surface area contributed by atoms with Gasteiger partial charge in [-0.05, 0) is 48.4 Å². The normalized spacial score (nSPS) is 21.7. The number of halogens is 3. The number of carbonyl (C=O) groups excluding carboxylic acids is 1. The summed E-state index contributed by atoms with van der Waals surface area (Å²) in [6, 6.07) is 11.5. The fourth-order valence-electron chi connectivity index (χ4n) is 5.12. The van der Waals surface area contributed by atoms with Crippen LogP contribution < -0.4 is 4.90 Å². The molecule has 174 valence electrons. The van der Waals surface area contributed by atoms with Crippen LogP contribution in [0.25, 0.3) is 0 Å². The SMILES string of the molecule is O=C(O)[C@@H]1C(C2c3c(F)cccc3C(=O)N2Cc2ccc(F)cc2)CCN1c1ccc(Cl)cn1. The zero-order valence-corrected chi connectivity index (χ0v) is 18.6. The quantitative estimate of drug-likeness (QED) is 0.570. The van der Waals surface area contributed by atoms with Gasteiger partial charge in [-0.15, -0.1) is 0 Å². The third kappa shape index (κ3) is 3.77. The Balaban J connectivity index is 1.56. The average Bonchev–Trinajstić information content (AvgIpc) is 3.37. The zero-order chi connectivity index (χ0) is 24.0. The zero-order valence-electron chi connectivity index (χ0n) is 17.9. The number of amides is 1. The summed E-state index contributed by atoms with van der Waals surface area (Å²) in [6.45, 7) is 0.467. The number of anilines is 1. The molecule has 0 radical (unpaired) electrons. The fraction of sp³-hybridized carbons (Fsp3) is 0.240. The Labute approximate surface area is 199 Å². The lowest BCUT2D eigenvalue weighted by Gasteiger charge is -2.34. The first-order valence-electron chi connectivity index (χ1n) is 10.8. The highest BCUT2D eigenvalue weighted by atomic mass is 35.5. The van der Waals surface area contributed by atoms with Crippen molar-refractivity contribution in [3.05, 3.63) is 94.1 Å². The van der Waals surface area contributed by atoms with Gasteiger partial charge >= 0.3 is 5.97 Å². The van der Waals surface area contributed by atoms with Crippen LogP contribution in [0.4, 0.5) is 14.6 Å². The van der Waals surface area contributed by atoms with Crippen LogP contribution >= 0.6 is 11.6 Å². The van der Waals surface area contributed by atoms with Crippen LogP contribution in [-0.4, -0.2) is 39.5 Å². The molecule has 0 bridgehead atoms. The summed E-state index contributed by atoms with van der Waals surface area (Å²) < 4.78 is 28.5. The van der Waals surface area contributed by atoms with Crippen LogP contribution in [0.1, 0.15) is 33.9 Å². The molecule has 34 heavy (non-hydrogen) atoms. The number of aromatic nitrogens is 1. The molecule has 9 heteroatoms. The Kier molecular flexibility index (Phi) is 5.69. The molecular weight excluding hydrogens is 464 g/mol. The second-order valence-electron chi connectivity index (χ2n) is 8.47. The molecule has 2 aliphatic heterocycles. The van der Waals surface area contributed by atoms with E-state index in [9.17, 15) is 19.1 Å². The molecule has 3 heterocycles. The van der Waals surface area contributed by atoms with Crippen LogP contribution in [0, 0.1) is 17.6 Å². The van der Waals surface area contributed by atoms with Crippen LogP contribution in [0.15, 0.2) is 60.8 Å². The van der Waals surface area contributed by atoms with Crippen molar-refractivity contribution in [1.29, 1.82) is 0 Å². The fourth-order valence-corrected chi connectivity index (χ4v) is 5.23. The highest BCUT2D eigenvalue weighted by Crippen LogP contribution is 2.47. The molecule has 0 saturated carbocycles. The summed E-state index contributed by atoms with van der Waals surface area (Å²) in [6.07, 6.45) is 1.85. The van der Waals surface area contributed by atoms with E-state index in [1.807, 2.05) is 0 Å². The molecule has 5 rings (SSSR count). The molecule has 2 unspecified atom stereocenters. The third-order valence-electron chi connectivity index (χ3n) is 6.55. The first kappa shape index (κ1) is 22.3. The topological polar surface area (TPSA) is 73.7 Å². The maximum Gasteiger partial charge on any atom is 0.326 e. The molecule has 6 nitrogen and oxygen atoms in total. The number of hydrogen-bond acceptors (Lipinski definition) is 4. The van der Waals surface area contributed by atoms with Crippen molar-refractivity contribution >= 4 is 29.3 Å². The van der Waals surface area contributed by atoms with E-state index >= 15 is 4.39 Å². The second kappa shape index (κ2) is 8.68. The van der Waals surface area contributed by atoms with Crippen molar-refractivity contribution in [2.45, 2.75) is 25.0 Å². The summed E-state index contributed by atoms with van der Waals surface area (Å²) in [7, 11) is 0. The maximum atomic E-state index is 15.1. The first-order valence-corrected chi connectivity index (χ1v) is 11.2. The molecular formula is C25H20ClF2N3O3. The van der Waals surface area contributed by atoms with E-state index in [-0.39, 0.29) is 23.6 Å². The molecule has 1 aromatic heterocycles. The van der Waals surface area contributed by atoms with E-state index in [2.05, 4.69) is 4.98 Å². The van der Waals surface area contributed by atoms with E-state index in [0.29, 0.717) is 29.4 Å². The van der Waals surface area contributed by atoms with Gasteiger partial charge in [0.1, 0.15) is 23.5 Å². The van der Waals surface area contributed by atoms with Crippen LogP contribution in [0.2, 0.25) is 5.02 Å². The highest BCUT2D eigenvalue weighted by molar-refractivity contribution is 6.30. The van der Waals surface area contributed by atoms with Crippen molar-refractivity contribution in [2.75, 3.05) is 11.4 Å². The van der Waals surface area contributed by atoms with Crippen LogP contribution in [0.3, 0.4) is 0 Å². The Morgan fingerprint density at radius 2 is 1.88 bits per heavy atom. The van der Waals surface area contributed by atoms with Gasteiger partial charge in [-0.2, -0.15) is 0 Å². The Bertz CT molecular complexity index is 1250. The van der Waals surface area contributed by atoms with Crippen LogP contribution in [0.5, 0.6) is 0 Å². The summed E-state index contributed by atoms with van der Waals surface area (Å²) in [5.74, 6) is -2.57. The second-order valence-corrected chi connectivity index (χ2v) is 8.91. The standard InChI is InChI=1S/C25H20ClF2N3O3/c26-15-6-9-20(29-12-15)30-11-10-18(23(30)25(33)34)22-21-17(2-1-3-19(21)28)24(32)31(22)13-14-4-7-16(27)8-5-14/h1-9,12,18,22-23H,10-11,13H2,(H,33,34)/t18?,22?,23-/m0/s1. The van der Waals surface area contributed by atoms with Gasteiger partial charge in [0.2, 0.25) is 0 Å². The molecule has 2 aliphatic rings. The van der Waals surface area contributed by atoms with Gasteiger partial charge in [-0.25, -0.2) is 18.6 Å². The number of benzene rings is 2. The van der Waals surface area contributed by atoms with Gasteiger partial charge in [0.25, 0.3) is 5.91 Å². The Morgan fingerprint density at radius 1 is 1.12 bits per heavy atom. The van der Waals surface area contributed by atoms with E-state index in [1.54, 1.807) is 35.2 Å². The molecule has 2 aromatic carbocycles. The predicted molar refractivity (Wildman–Crippen MR) is 122 cm³/mol. The number of carboxylic acids is 1. The van der Waals surface area contributed by atoms with Gasteiger partial charge in [0, 0.05) is 36.3 Å². The summed E-state index contributed by atoms with van der Waals surface area (Å²) >= 11 is 5.94. The number of hydrogen-bond donors (Lipinski definition) is 1. The highest BCUT2D eigenvalue weighted by Gasteiger charge is 2.51. The minimum absolute atomic E-state index is 0.0972. The van der Waals surface area contributed by atoms with Gasteiger partial charge in [0.15, 0.2) is 0 Å². The lowest BCUT2D eigenvalue weighted by molar-refractivity contribution is -0.140. The Hall–Kier alpha value is -3.52. The first-order chi connectivity index (χ1) is 16.3. The molecule has 3 atom stereocenters. The molecule has 1 fully saturated rings. The van der Waals surface area contributed by atoms with E-state index in [0.717, 1.165) is 0 Å². The smallest absolute Gasteiger partial charge is 0.326 e. The third-order valence-corrected chi connectivity index (χ3v) is 6.77. The molecule has 0 aliphatic carbocycles. The lowest BCUT2D eigenvalue weighted by atomic mass is 9.86. The van der Waals surface area contributed by atoms with Crippen molar-refractivity contribution < 1.29 is 23.5 Å². The summed E-state index contributed by atoms with van der Waals surface area (Å²) in [5, 5.41) is 10.6.